The lowest BCUT2D eigenvalue weighted by Crippen LogP contribution is -2.12. The molecule has 7 heteroatoms. The second-order valence-corrected chi connectivity index (χ2v) is 3.00. The highest BCUT2D eigenvalue weighted by Crippen LogP contribution is 2.11. The molecule has 15 heavy (non-hydrogen) atoms. The third-order valence-electron chi connectivity index (χ3n) is 1.78. The zero-order valence-corrected chi connectivity index (χ0v) is 8.40. The average Bonchev–Trinajstić information content (AvgIpc) is 2.23. The van der Waals surface area contributed by atoms with Gasteiger partial charge in [0.2, 0.25) is 5.95 Å². The normalized spacial score (nSPS) is 10.0. The smallest absolute Gasteiger partial charge is 0.223 e. The van der Waals surface area contributed by atoms with Crippen LogP contribution in [0, 0.1) is 0 Å². The van der Waals surface area contributed by atoms with E-state index in [4.69, 9.17) is 16.7 Å². The lowest BCUT2D eigenvalue weighted by Gasteiger charge is -2.07. The van der Waals surface area contributed by atoms with Crippen LogP contribution in [-0.2, 0) is 0 Å². The molecule has 7 N–H and O–H groups in total. The van der Waals surface area contributed by atoms with E-state index in [1.807, 2.05) is 0 Å². The highest BCUT2D eigenvalue weighted by molar-refractivity contribution is 5.50. The largest absolute Gasteiger partial charge is 0.396 e. The number of nitrogen functional groups attached to an aromatic ring is 2. The summed E-state index contributed by atoms with van der Waals surface area (Å²) in [5, 5.41) is 11.6. The van der Waals surface area contributed by atoms with Crippen LogP contribution in [0.5, 0.6) is 0 Å². The number of hydrogen-bond acceptors (Lipinski definition) is 7. The average molecular weight is 212 g/mol. The fraction of sp³-hybridized carbons (Fsp3) is 0.500. The minimum Gasteiger partial charge on any atom is -0.396 e. The van der Waals surface area contributed by atoms with Gasteiger partial charge in [-0.2, -0.15) is 9.97 Å². The summed E-state index contributed by atoms with van der Waals surface area (Å²) in [5.41, 5.74) is 7.87. The number of hydrazine groups is 1. The number of rotatable bonds is 6. The third-order valence-corrected chi connectivity index (χ3v) is 1.78. The van der Waals surface area contributed by atoms with Gasteiger partial charge in [-0.05, 0) is 12.8 Å². The fourth-order valence-electron chi connectivity index (χ4n) is 1.08. The van der Waals surface area contributed by atoms with Crippen molar-refractivity contribution >= 4 is 17.6 Å². The van der Waals surface area contributed by atoms with Crippen molar-refractivity contribution in [2.45, 2.75) is 12.8 Å². The summed E-state index contributed by atoms with van der Waals surface area (Å²) in [6.07, 6.45) is 1.63. The Labute approximate surface area is 87.9 Å². The van der Waals surface area contributed by atoms with Gasteiger partial charge in [-0.25, -0.2) is 5.84 Å². The van der Waals surface area contributed by atoms with Crippen LogP contribution < -0.4 is 22.3 Å². The Balaban J connectivity index is 2.49. The Morgan fingerprint density at radius 3 is 2.67 bits per heavy atom. The van der Waals surface area contributed by atoms with Crippen molar-refractivity contribution < 1.29 is 5.11 Å². The van der Waals surface area contributed by atoms with E-state index in [0.29, 0.717) is 11.6 Å². The first kappa shape index (κ1) is 11.5. The molecule has 1 heterocycles. The summed E-state index contributed by atoms with van der Waals surface area (Å²) in [5.74, 6) is 6.45. The first-order chi connectivity index (χ1) is 7.26. The molecule has 0 aromatic carbocycles. The van der Waals surface area contributed by atoms with Crippen molar-refractivity contribution in [2.24, 2.45) is 5.84 Å². The Kier molecular flexibility index (Phi) is 4.58. The van der Waals surface area contributed by atoms with Crippen molar-refractivity contribution in [2.75, 3.05) is 29.6 Å². The van der Waals surface area contributed by atoms with Crippen molar-refractivity contribution in [3.63, 3.8) is 0 Å². The van der Waals surface area contributed by atoms with E-state index < -0.39 is 0 Å². The molecule has 0 aliphatic heterocycles. The van der Waals surface area contributed by atoms with Crippen molar-refractivity contribution in [3.8, 4) is 0 Å². The Morgan fingerprint density at radius 2 is 2.00 bits per heavy atom. The first-order valence-electron chi connectivity index (χ1n) is 4.72. The molecular formula is C8H16N6O. The zero-order valence-electron chi connectivity index (χ0n) is 8.40. The Bertz CT molecular complexity index is 305. The number of nitrogens with one attached hydrogen (secondary N) is 2. The van der Waals surface area contributed by atoms with E-state index in [1.54, 1.807) is 6.07 Å². The number of nitrogens with zero attached hydrogens (tertiary/aromatic N) is 2. The maximum absolute atomic E-state index is 8.59. The van der Waals surface area contributed by atoms with Gasteiger partial charge in [0, 0.05) is 19.2 Å². The summed E-state index contributed by atoms with van der Waals surface area (Å²) in [7, 11) is 0. The molecule has 0 spiro atoms. The van der Waals surface area contributed by atoms with Crippen LogP contribution in [0.4, 0.5) is 17.6 Å². The molecule has 1 aromatic heterocycles. The van der Waals surface area contributed by atoms with Crippen LogP contribution in [0.15, 0.2) is 6.07 Å². The van der Waals surface area contributed by atoms with Gasteiger partial charge in [0.25, 0.3) is 0 Å². The Morgan fingerprint density at radius 1 is 1.27 bits per heavy atom. The van der Waals surface area contributed by atoms with Gasteiger partial charge in [0.05, 0.1) is 0 Å². The van der Waals surface area contributed by atoms with Crippen LogP contribution in [0.1, 0.15) is 12.8 Å². The molecular weight excluding hydrogens is 196 g/mol. The maximum Gasteiger partial charge on any atom is 0.223 e. The van der Waals surface area contributed by atoms with E-state index in [9.17, 15) is 0 Å². The quantitative estimate of drug-likeness (QED) is 0.245. The lowest BCUT2D eigenvalue weighted by atomic mass is 10.3. The van der Waals surface area contributed by atoms with E-state index in [1.165, 1.54) is 0 Å². The third kappa shape index (κ3) is 3.96. The molecule has 0 radical (unpaired) electrons. The number of aliphatic hydroxyl groups excluding tert-OH is 1. The molecule has 0 saturated heterocycles. The molecule has 0 aliphatic rings. The maximum atomic E-state index is 8.59. The van der Waals surface area contributed by atoms with Crippen LogP contribution in [0.2, 0.25) is 0 Å². The minimum absolute atomic E-state index is 0.162. The molecule has 0 aliphatic carbocycles. The summed E-state index contributed by atoms with van der Waals surface area (Å²) in [6.45, 7) is 0.921. The molecule has 0 fully saturated rings. The van der Waals surface area contributed by atoms with Crippen molar-refractivity contribution in [1.82, 2.24) is 9.97 Å². The van der Waals surface area contributed by atoms with Gasteiger partial charge in [0.1, 0.15) is 11.6 Å². The van der Waals surface area contributed by atoms with Crippen LogP contribution in [0.3, 0.4) is 0 Å². The molecule has 0 unspecified atom stereocenters. The minimum atomic E-state index is 0.162. The summed E-state index contributed by atoms with van der Waals surface area (Å²) < 4.78 is 0. The van der Waals surface area contributed by atoms with Gasteiger partial charge in [0.15, 0.2) is 0 Å². The highest BCUT2D eigenvalue weighted by Gasteiger charge is 2.00. The summed E-state index contributed by atoms with van der Waals surface area (Å²) >= 11 is 0. The van der Waals surface area contributed by atoms with E-state index in [0.717, 1.165) is 19.4 Å². The lowest BCUT2D eigenvalue weighted by molar-refractivity contribution is 0.286. The number of aromatic nitrogens is 2. The summed E-state index contributed by atoms with van der Waals surface area (Å²) in [6, 6.07) is 1.66. The number of nitrogens with two attached hydrogens (primary N) is 2. The van der Waals surface area contributed by atoms with Crippen LogP contribution in [0.25, 0.3) is 0 Å². The number of anilines is 3. The van der Waals surface area contributed by atoms with Gasteiger partial charge < -0.3 is 21.6 Å². The molecule has 0 saturated carbocycles. The molecule has 0 amide bonds. The SMILES string of the molecule is NNc1cc(NCCCCO)nc(N)n1. The topological polar surface area (TPSA) is 122 Å². The second-order valence-electron chi connectivity index (χ2n) is 3.00. The van der Waals surface area contributed by atoms with Crippen LogP contribution in [-0.4, -0.2) is 28.2 Å². The highest BCUT2D eigenvalue weighted by atomic mass is 16.2. The monoisotopic (exact) mass is 212 g/mol. The number of hydrogen-bond donors (Lipinski definition) is 5. The number of unbranched alkanes of at least 4 members (excludes halogenated alkanes) is 1. The van der Waals surface area contributed by atoms with E-state index >= 15 is 0 Å². The van der Waals surface area contributed by atoms with Crippen molar-refractivity contribution in [1.29, 1.82) is 0 Å². The second kappa shape index (κ2) is 5.99. The zero-order chi connectivity index (χ0) is 11.1. The predicted molar refractivity (Wildman–Crippen MR) is 59.1 cm³/mol. The van der Waals surface area contributed by atoms with Gasteiger partial charge in [-0.15, -0.1) is 0 Å². The van der Waals surface area contributed by atoms with E-state index in [2.05, 4.69) is 20.7 Å². The van der Waals surface area contributed by atoms with Gasteiger partial charge in [-0.3, -0.25) is 0 Å². The molecule has 1 rings (SSSR count). The molecule has 1 aromatic rings. The molecule has 0 bridgehead atoms. The number of aliphatic hydroxyl groups is 1. The summed E-state index contributed by atoms with van der Waals surface area (Å²) in [4.78, 5) is 7.82. The van der Waals surface area contributed by atoms with Gasteiger partial charge in [-0.1, -0.05) is 0 Å². The van der Waals surface area contributed by atoms with Crippen LogP contribution >= 0.6 is 0 Å². The Hall–Kier alpha value is -1.60. The van der Waals surface area contributed by atoms with E-state index in [-0.39, 0.29) is 12.6 Å². The standard InChI is InChI=1S/C8H16N6O/c9-8-12-6(5-7(13-8)14-10)11-3-1-2-4-15/h5,15H,1-4,10H2,(H4,9,11,12,13,14). The van der Waals surface area contributed by atoms with Gasteiger partial charge >= 0.3 is 0 Å². The molecule has 7 nitrogen and oxygen atoms in total. The predicted octanol–water partition coefficient (Wildman–Crippen LogP) is -0.471. The first-order valence-corrected chi connectivity index (χ1v) is 4.72. The fourth-order valence-corrected chi connectivity index (χ4v) is 1.08. The molecule has 0 atom stereocenters. The molecule has 84 valence electrons. The van der Waals surface area contributed by atoms with Crippen molar-refractivity contribution in [3.05, 3.63) is 6.07 Å².